The first-order valence-electron chi connectivity index (χ1n) is 2.97. The topological polar surface area (TPSA) is 26.0 Å². The third kappa shape index (κ3) is 2.11. The van der Waals surface area contributed by atoms with E-state index in [4.69, 9.17) is 17.3 Å². The highest BCUT2D eigenvalue weighted by Gasteiger charge is 1.84. The van der Waals surface area contributed by atoms with Crippen LogP contribution in [-0.2, 0) is 0 Å². The van der Waals surface area contributed by atoms with Gasteiger partial charge in [-0.2, -0.15) is 0 Å². The maximum Gasteiger partial charge on any atom is 0.0406 e. The zero-order valence-electron chi connectivity index (χ0n) is 5.42. The molecule has 0 saturated carbocycles. The third-order valence-corrected chi connectivity index (χ3v) is 1.34. The fraction of sp³-hybridized carbons (Fsp3) is 0. The molecule has 0 unspecified atom stereocenters. The van der Waals surface area contributed by atoms with Gasteiger partial charge < -0.3 is 5.73 Å². The molecule has 0 aromatic heterocycles. The molecule has 52 valence electrons. The van der Waals surface area contributed by atoms with Crippen molar-refractivity contribution in [2.75, 3.05) is 0 Å². The number of hydrogen-bond donors (Lipinski definition) is 1. The zero-order valence-corrected chi connectivity index (χ0v) is 6.18. The van der Waals surface area contributed by atoms with Gasteiger partial charge in [0.05, 0.1) is 0 Å². The van der Waals surface area contributed by atoms with Gasteiger partial charge in [-0.25, -0.2) is 0 Å². The molecule has 10 heavy (non-hydrogen) atoms. The van der Waals surface area contributed by atoms with E-state index in [2.05, 4.69) is 0 Å². The zero-order chi connectivity index (χ0) is 7.40. The van der Waals surface area contributed by atoms with Gasteiger partial charge in [-0.1, -0.05) is 23.8 Å². The summed E-state index contributed by atoms with van der Waals surface area (Å²) in [4.78, 5) is 0. The predicted molar refractivity (Wildman–Crippen MR) is 44.5 cm³/mol. The molecule has 0 saturated heterocycles. The summed E-state index contributed by atoms with van der Waals surface area (Å²) in [6.07, 6.45) is 10.8. The van der Waals surface area contributed by atoms with Crippen LogP contribution in [0.4, 0.5) is 0 Å². The summed E-state index contributed by atoms with van der Waals surface area (Å²) < 4.78 is 0. The second kappa shape index (κ2) is 3.28. The Bertz CT molecular complexity index is 208. The highest BCUT2D eigenvalue weighted by Crippen LogP contribution is 2.06. The van der Waals surface area contributed by atoms with E-state index in [0.717, 1.165) is 5.70 Å². The third-order valence-electron chi connectivity index (χ3n) is 1.09. The summed E-state index contributed by atoms with van der Waals surface area (Å²) in [7, 11) is 0. The summed E-state index contributed by atoms with van der Waals surface area (Å²) >= 11 is 5.69. The van der Waals surface area contributed by atoms with Crippen LogP contribution in [0.1, 0.15) is 0 Å². The van der Waals surface area contributed by atoms with Crippen molar-refractivity contribution < 1.29 is 0 Å². The second-order valence-corrected chi connectivity index (χ2v) is 2.37. The smallest absolute Gasteiger partial charge is 0.0406 e. The fourth-order valence-electron chi connectivity index (χ4n) is 0.613. The van der Waals surface area contributed by atoms with Gasteiger partial charge >= 0.3 is 0 Å². The van der Waals surface area contributed by atoms with Gasteiger partial charge in [-0.15, -0.1) is 0 Å². The molecule has 0 aliphatic heterocycles. The van der Waals surface area contributed by atoms with Crippen molar-refractivity contribution in [1.82, 2.24) is 0 Å². The molecule has 0 fully saturated rings. The van der Waals surface area contributed by atoms with Gasteiger partial charge in [-0.05, 0) is 24.3 Å². The lowest BCUT2D eigenvalue weighted by Gasteiger charge is -1.91. The van der Waals surface area contributed by atoms with Crippen LogP contribution in [0, 0.1) is 0 Å². The van der Waals surface area contributed by atoms with E-state index in [1.54, 1.807) is 24.3 Å². The highest BCUT2D eigenvalue weighted by molar-refractivity contribution is 6.31. The maximum absolute atomic E-state index is 5.69. The number of halogens is 1. The summed E-state index contributed by atoms with van der Waals surface area (Å²) in [5, 5.41) is 0.708. The first-order valence-corrected chi connectivity index (χ1v) is 3.34. The van der Waals surface area contributed by atoms with Crippen molar-refractivity contribution in [3.63, 3.8) is 0 Å². The van der Waals surface area contributed by atoms with Gasteiger partial charge in [-0.3, -0.25) is 0 Å². The molecule has 2 N–H and O–H groups in total. The van der Waals surface area contributed by atoms with Gasteiger partial charge in [0.25, 0.3) is 0 Å². The minimum Gasteiger partial charge on any atom is -0.399 e. The molecule has 0 atom stereocenters. The molecule has 0 heterocycles. The van der Waals surface area contributed by atoms with Crippen LogP contribution in [0.3, 0.4) is 0 Å². The maximum atomic E-state index is 5.69. The van der Waals surface area contributed by atoms with Crippen LogP contribution in [0.15, 0.2) is 47.2 Å². The lowest BCUT2D eigenvalue weighted by molar-refractivity contribution is 1.42. The van der Waals surface area contributed by atoms with Crippen LogP contribution in [0.2, 0.25) is 0 Å². The Hall–Kier alpha value is -0.950. The fourth-order valence-corrected chi connectivity index (χ4v) is 0.759. The van der Waals surface area contributed by atoms with E-state index in [1.165, 1.54) is 0 Å². The number of hydrogen-bond acceptors (Lipinski definition) is 1. The molecule has 0 spiro atoms. The first kappa shape index (κ1) is 7.16. The van der Waals surface area contributed by atoms with Gasteiger partial charge in [0, 0.05) is 10.7 Å². The molecule has 0 amide bonds. The van der Waals surface area contributed by atoms with Crippen LogP contribution in [-0.4, -0.2) is 0 Å². The summed E-state index contributed by atoms with van der Waals surface area (Å²) in [6, 6.07) is 0. The molecular weight excluding hydrogens is 146 g/mol. The van der Waals surface area contributed by atoms with Gasteiger partial charge in [0.15, 0.2) is 0 Å². The molecular formula is C8H8ClN. The Balaban J connectivity index is 2.84. The van der Waals surface area contributed by atoms with Crippen LogP contribution in [0.25, 0.3) is 0 Å². The number of allylic oxidation sites excluding steroid dienone is 7. The van der Waals surface area contributed by atoms with Crippen LogP contribution >= 0.6 is 11.6 Å². The molecule has 0 aromatic carbocycles. The minimum absolute atomic E-state index is 0.708. The summed E-state index contributed by atoms with van der Waals surface area (Å²) in [5.41, 5.74) is 6.23. The number of rotatable bonds is 0. The monoisotopic (exact) mass is 153 g/mol. The Morgan fingerprint density at radius 3 is 2.60 bits per heavy atom. The molecule has 1 aliphatic rings. The van der Waals surface area contributed by atoms with Gasteiger partial charge in [0.1, 0.15) is 0 Å². The summed E-state index contributed by atoms with van der Waals surface area (Å²) in [5.74, 6) is 0. The van der Waals surface area contributed by atoms with E-state index < -0.39 is 0 Å². The SMILES string of the molecule is NC1=C/C=C\C(Cl)=C/C=C\1. The lowest BCUT2D eigenvalue weighted by atomic mass is 10.3. The molecule has 2 heteroatoms. The molecule has 1 aliphatic carbocycles. The quantitative estimate of drug-likeness (QED) is 0.567. The van der Waals surface area contributed by atoms with Crippen molar-refractivity contribution >= 4 is 11.6 Å². The standard InChI is InChI=1S/C8H8ClN/c9-7-3-1-5-8(10)6-2-4-7/h1-6H,10H2/b3-1-,4-2?,5-1?,6-2-,7-3?,7-4+,8-5+,8-6?. The second-order valence-electron chi connectivity index (χ2n) is 1.94. The van der Waals surface area contributed by atoms with Gasteiger partial charge in [0.2, 0.25) is 0 Å². The Morgan fingerprint density at radius 1 is 1.10 bits per heavy atom. The Morgan fingerprint density at radius 2 is 1.80 bits per heavy atom. The Kier molecular flexibility index (Phi) is 2.35. The van der Waals surface area contributed by atoms with E-state index in [9.17, 15) is 0 Å². The average molecular weight is 154 g/mol. The minimum atomic E-state index is 0.708. The lowest BCUT2D eigenvalue weighted by Crippen LogP contribution is -1.91. The normalized spacial score (nSPS) is 34.1. The molecule has 1 rings (SSSR count). The van der Waals surface area contributed by atoms with E-state index >= 15 is 0 Å². The van der Waals surface area contributed by atoms with Crippen LogP contribution < -0.4 is 5.73 Å². The van der Waals surface area contributed by atoms with Crippen LogP contribution in [0.5, 0.6) is 0 Å². The highest BCUT2D eigenvalue weighted by atomic mass is 35.5. The molecule has 1 nitrogen and oxygen atoms in total. The number of nitrogens with two attached hydrogens (primary N) is 1. The molecule has 0 radical (unpaired) electrons. The van der Waals surface area contributed by atoms with Crippen molar-refractivity contribution in [3.8, 4) is 0 Å². The van der Waals surface area contributed by atoms with E-state index in [0.29, 0.717) is 5.03 Å². The molecule has 0 aromatic rings. The van der Waals surface area contributed by atoms with Crippen molar-refractivity contribution in [1.29, 1.82) is 0 Å². The van der Waals surface area contributed by atoms with Crippen molar-refractivity contribution in [2.24, 2.45) is 5.73 Å². The first-order chi connectivity index (χ1) is 4.79. The van der Waals surface area contributed by atoms with Crippen molar-refractivity contribution in [2.45, 2.75) is 0 Å². The summed E-state index contributed by atoms with van der Waals surface area (Å²) in [6.45, 7) is 0. The Labute approximate surface area is 65.2 Å². The molecule has 0 bridgehead atoms. The van der Waals surface area contributed by atoms with E-state index in [-0.39, 0.29) is 0 Å². The average Bonchev–Trinajstić information content (AvgIpc) is 1.84. The largest absolute Gasteiger partial charge is 0.399 e. The van der Waals surface area contributed by atoms with Crippen molar-refractivity contribution in [3.05, 3.63) is 47.2 Å². The predicted octanol–water partition coefficient (Wildman–Crippen LogP) is 2.08. The van der Waals surface area contributed by atoms with E-state index in [1.807, 2.05) is 12.2 Å².